The molecule has 4 nitrogen and oxygen atoms in total. The molecular weight excluding hydrogens is 216 g/mol. The molecule has 1 heterocycles. The van der Waals surface area contributed by atoms with Crippen LogP contribution in [0, 0.1) is 0 Å². The second kappa shape index (κ2) is 5.30. The second-order valence-corrected chi connectivity index (χ2v) is 3.69. The highest BCUT2D eigenvalue weighted by Gasteiger charge is 2.12. The third-order valence-electron chi connectivity index (χ3n) is 2.33. The summed E-state index contributed by atoms with van der Waals surface area (Å²) in [6, 6.07) is 9.61. The van der Waals surface area contributed by atoms with E-state index in [0.29, 0.717) is 17.9 Å². The minimum atomic E-state index is -0.230. The van der Waals surface area contributed by atoms with Gasteiger partial charge in [-0.05, 0) is 6.42 Å². The van der Waals surface area contributed by atoms with Crippen LogP contribution in [0.4, 0.5) is 0 Å². The lowest BCUT2D eigenvalue weighted by Gasteiger charge is -2.03. The number of aromatic nitrogens is 2. The van der Waals surface area contributed by atoms with Crippen molar-refractivity contribution in [2.45, 2.75) is 19.8 Å². The smallest absolute Gasteiger partial charge is 0.311 e. The fourth-order valence-corrected chi connectivity index (χ4v) is 1.54. The molecule has 0 radical (unpaired) electrons. The van der Waals surface area contributed by atoms with Gasteiger partial charge in [-0.3, -0.25) is 9.89 Å². The third-order valence-corrected chi connectivity index (χ3v) is 2.33. The molecule has 0 spiro atoms. The number of benzene rings is 1. The molecule has 17 heavy (non-hydrogen) atoms. The number of carbonyl (C=O) groups is 1. The monoisotopic (exact) mass is 230 g/mol. The van der Waals surface area contributed by atoms with E-state index >= 15 is 0 Å². The van der Waals surface area contributed by atoms with E-state index in [9.17, 15) is 4.79 Å². The summed E-state index contributed by atoms with van der Waals surface area (Å²) >= 11 is 0. The van der Waals surface area contributed by atoms with Gasteiger partial charge in [0.25, 0.3) is 0 Å². The number of nitrogens with one attached hydrogen (secondary N) is 1. The quantitative estimate of drug-likeness (QED) is 0.822. The number of hydrogen-bond donors (Lipinski definition) is 1. The molecule has 4 heteroatoms. The first-order valence-corrected chi connectivity index (χ1v) is 5.61. The first-order chi connectivity index (χ1) is 8.31. The van der Waals surface area contributed by atoms with E-state index in [-0.39, 0.29) is 5.97 Å². The van der Waals surface area contributed by atoms with E-state index in [2.05, 4.69) is 10.2 Å². The molecule has 88 valence electrons. The zero-order valence-electron chi connectivity index (χ0n) is 9.64. The SMILES string of the molecule is CCCC(=O)Oc1c[nH]nc1-c1ccccc1. The highest BCUT2D eigenvalue weighted by molar-refractivity contribution is 5.76. The van der Waals surface area contributed by atoms with Gasteiger partial charge < -0.3 is 4.74 Å². The zero-order chi connectivity index (χ0) is 12.1. The molecule has 0 bridgehead atoms. The Labute approximate surface area is 99.6 Å². The maximum absolute atomic E-state index is 11.4. The Bertz CT molecular complexity index is 491. The molecule has 0 unspecified atom stereocenters. The van der Waals surface area contributed by atoms with E-state index in [1.807, 2.05) is 37.3 Å². The van der Waals surface area contributed by atoms with Crippen LogP contribution in [0.2, 0.25) is 0 Å². The van der Waals surface area contributed by atoms with Gasteiger partial charge in [0, 0.05) is 12.0 Å². The van der Waals surface area contributed by atoms with Gasteiger partial charge in [0.2, 0.25) is 0 Å². The zero-order valence-corrected chi connectivity index (χ0v) is 9.64. The molecule has 0 aliphatic heterocycles. The standard InChI is InChI=1S/C13H14N2O2/c1-2-6-12(16)17-11-9-14-15-13(11)10-7-4-3-5-8-10/h3-5,7-9H,2,6H2,1H3,(H,14,15). The van der Waals surface area contributed by atoms with Crippen LogP contribution in [0.15, 0.2) is 36.5 Å². The van der Waals surface area contributed by atoms with E-state index in [4.69, 9.17) is 4.74 Å². The molecule has 2 rings (SSSR count). The lowest BCUT2D eigenvalue weighted by atomic mass is 10.1. The van der Waals surface area contributed by atoms with E-state index < -0.39 is 0 Å². The Morgan fingerprint density at radius 1 is 1.35 bits per heavy atom. The molecule has 0 atom stereocenters. The molecule has 0 aliphatic carbocycles. The molecule has 0 saturated carbocycles. The van der Waals surface area contributed by atoms with Crippen molar-refractivity contribution in [2.24, 2.45) is 0 Å². The summed E-state index contributed by atoms with van der Waals surface area (Å²) in [5.74, 6) is 0.251. The van der Waals surface area contributed by atoms with Gasteiger partial charge in [-0.25, -0.2) is 0 Å². The predicted octanol–water partition coefficient (Wildman–Crippen LogP) is 2.78. The van der Waals surface area contributed by atoms with E-state index in [1.165, 1.54) is 0 Å². The van der Waals surface area contributed by atoms with Crippen molar-refractivity contribution in [3.8, 4) is 17.0 Å². The summed E-state index contributed by atoms with van der Waals surface area (Å²) in [5, 5.41) is 6.81. The number of hydrogen-bond acceptors (Lipinski definition) is 3. The largest absolute Gasteiger partial charge is 0.422 e. The van der Waals surface area contributed by atoms with Crippen LogP contribution in [-0.2, 0) is 4.79 Å². The van der Waals surface area contributed by atoms with Gasteiger partial charge in [-0.2, -0.15) is 5.10 Å². The average molecular weight is 230 g/mol. The minimum Gasteiger partial charge on any atom is -0.422 e. The molecule has 1 aromatic heterocycles. The Balaban J connectivity index is 2.20. The predicted molar refractivity (Wildman–Crippen MR) is 64.6 cm³/mol. The first-order valence-electron chi connectivity index (χ1n) is 5.61. The molecular formula is C13H14N2O2. The van der Waals surface area contributed by atoms with Crippen molar-refractivity contribution in [3.05, 3.63) is 36.5 Å². The molecule has 1 N–H and O–H groups in total. The van der Waals surface area contributed by atoms with Crippen molar-refractivity contribution in [1.82, 2.24) is 10.2 Å². The Morgan fingerprint density at radius 3 is 2.82 bits per heavy atom. The van der Waals surface area contributed by atoms with E-state index in [1.54, 1.807) is 6.20 Å². The summed E-state index contributed by atoms with van der Waals surface area (Å²) < 4.78 is 5.25. The minimum absolute atomic E-state index is 0.230. The molecule has 0 amide bonds. The maximum atomic E-state index is 11.4. The summed E-state index contributed by atoms with van der Waals surface area (Å²) in [6.07, 6.45) is 2.78. The van der Waals surface area contributed by atoms with Crippen LogP contribution >= 0.6 is 0 Å². The molecule has 0 fully saturated rings. The second-order valence-electron chi connectivity index (χ2n) is 3.69. The molecule has 0 saturated heterocycles. The summed E-state index contributed by atoms with van der Waals surface area (Å²) in [4.78, 5) is 11.4. The highest BCUT2D eigenvalue weighted by Crippen LogP contribution is 2.27. The molecule has 2 aromatic rings. The number of H-pyrrole nitrogens is 1. The van der Waals surface area contributed by atoms with Crippen LogP contribution in [0.3, 0.4) is 0 Å². The molecule has 1 aromatic carbocycles. The number of nitrogens with zero attached hydrogens (tertiary/aromatic N) is 1. The number of ether oxygens (including phenoxy) is 1. The third kappa shape index (κ3) is 2.72. The fraction of sp³-hybridized carbons (Fsp3) is 0.231. The summed E-state index contributed by atoms with van der Waals surface area (Å²) in [6.45, 7) is 1.94. The van der Waals surface area contributed by atoms with Gasteiger partial charge in [-0.15, -0.1) is 0 Å². The highest BCUT2D eigenvalue weighted by atomic mass is 16.5. The number of carbonyl (C=O) groups excluding carboxylic acids is 1. The first kappa shape index (κ1) is 11.4. The Kier molecular flexibility index (Phi) is 3.55. The van der Waals surface area contributed by atoms with E-state index in [0.717, 1.165) is 12.0 Å². The van der Waals surface area contributed by atoms with Crippen molar-refractivity contribution < 1.29 is 9.53 Å². The topological polar surface area (TPSA) is 55.0 Å². The van der Waals surface area contributed by atoms with Crippen molar-refractivity contribution in [2.75, 3.05) is 0 Å². The van der Waals surface area contributed by atoms with Crippen molar-refractivity contribution >= 4 is 5.97 Å². The maximum Gasteiger partial charge on any atom is 0.311 e. The van der Waals surface area contributed by atoms with Crippen LogP contribution < -0.4 is 4.74 Å². The number of rotatable bonds is 4. The molecule has 0 aliphatic rings. The fourth-order valence-electron chi connectivity index (χ4n) is 1.54. The van der Waals surface area contributed by atoms with Gasteiger partial charge >= 0.3 is 5.97 Å². The van der Waals surface area contributed by atoms with Gasteiger partial charge in [-0.1, -0.05) is 37.3 Å². The van der Waals surface area contributed by atoms with Crippen LogP contribution in [0.5, 0.6) is 5.75 Å². The summed E-state index contributed by atoms with van der Waals surface area (Å²) in [5.41, 5.74) is 1.59. The average Bonchev–Trinajstić information content (AvgIpc) is 2.78. The lowest BCUT2D eigenvalue weighted by molar-refractivity contribution is -0.134. The Hall–Kier alpha value is -2.10. The number of aromatic amines is 1. The van der Waals surface area contributed by atoms with Crippen LogP contribution in [-0.4, -0.2) is 16.2 Å². The number of esters is 1. The Morgan fingerprint density at radius 2 is 2.12 bits per heavy atom. The lowest BCUT2D eigenvalue weighted by Crippen LogP contribution is -2.06. The van der Waals surface area contributed by atoms with Crippen LogP contribution in [0.1, 0.15) is 19.8 Å². The van der Waals surface area contributed by atoms with Gasteiger partial charge in [0.15, 0.2) is 5.75 Å². The summed E-state index contributed by atoms with van der Waals surface area (Å²) in [7, 11) is 0. The van der Waals surface area contributed by atoms with Crippen molar-refractivity contribution in [1.29, 1.82) is 0 Å². The van der Waals surface area contributed by atoms with Gasteiger partial charge in [0.05, 0.1) is 6.20 Å². The normalized spacial score (nSPS) is 10.2. The van der Waals surface area contributed by atoms with Crippen LogP contribution in [0.25, 0.3) is 11.3 Å². The van der Waals surface area contributed by atoms with Crippen molar-refractivity contribution in [3.63, 3.8) is 0 Å². The van der Waals surface area contributed by atoms with Gasteiger partial charge in [0.1, 0.15) is 5.69 Å².